The van der Waals surface area contributed by atoms with Crippen LogP contribution < -0.4 is 6.15 Å². The van der Waals surface area contributed by atoms with Gasteiger partial charge in [0.05, 0.1) is 5.25 Å². The number of rotatable bonds is 19. The molecule has 0 fully saturated rings. The maximum Gasteiger partial charge on any atom is 0.267 e. The second-order valence-corrected chi connectivity index (χ2v) is 9.36. The van der Waals surface area contributed by atoms with Gasteiger partial charge >= 0.3 is 0 Å². The molecular formula is C21H47NO3S. The molecule has 4 N–H and O–H groups in total. The van der Waals surface area contributed by atoms with Crippen LogP contribution in [-0.2, 0) is 10.1 Å². The molecule has 0 bridgehead atoms. The van der Waals surface area contributed by atoms with Gasteiger partial charge in [-0.05, 0) is 12.8 Å². The van der Waals surface area contributed by atoms with E-state index >= 15 is 0 Å². The van der Waals surface area contributed by atoms with Gasteiger partial charge in [0.2, 0.25) is 0 Å². The Labute approximate surface area is 164 Å². The normalized spacial score (nSPS) is 12.7. The predicted molar refractivity (Wildman–Crippen MR) is 115 cm³/mol. The van der Waals surface area contributed by atoms with E-state index in [2.05, 4.69) is 13.8 Å². The fourth-order valence-corrected chi connectivity index (χ4v) is 4.38. The summed E-state index contributed by atoms with van der Waals surface area (Å²) in [6, 6.07) is 0. The van der Waals surface area contributed by atoms with Gasteiger partial charge in [-0.3, -0.25) is 4.55 Å². The first-order valence-corrected chi connectivity index (χ1v) is 12.5. The molecule has 26 heavy (non-hydrogen) atoms. The molecule has 0 aromatic carbocycles. The third-order valence-electron chi connectivity index (χ3n) is 5.18. The largest absolute Gasteiger partial charge is 0.344 e. The summed E-state index contributed by atoms with van der Waals surface area (Å²) in [4.78, 5) is 0. The molecule has 0 aromatic heterocycles. The van der Waals surface area contributed by atoms with Crippen LogP contribution in [0.3, 0.4) is 0 Å². The Morgan fingerprint density at radius 1 is 0.577 bits per heavy atom. The summed E-state index contributed by atoms with van der Waals surface area (Å²) >= 11 is 0. The third kappa shape index (κ3) is 18.7. The molecule has 160 valence electrons. The Hall–Kier alpha value is -0.130. The van der Waals surface area contributed by atoms with Crippen molar-refractivity contribution >= 4 is 10.1 Å². The summed E-state index contributed by atoms with van der Waals surface area (Å²) in [5.41, 5.74) is 0. The van der Waals surface area contributed by atoms with Gasteiger partial charge in [0.25, 0.3) is 10.1 Å². The van der Waals surface area contributed by atoms with Gasteiger partial charge in [0.15, 0.2) is 0 Å². The SMILES string of the molecule is CCCCCCCCCCCCC(CCCCCCCC)S(=O)(=O)O.N. The molecule has 1 atom stereocenters. The maximum absolute atomic E-state index is 11.5. The third-order valence-corrected chi connectivity index (χ3v) is 6.49. The van der Waals surface area contributed by atoms with Crippen LogP contribution >= 0.6 is 0 Å². The van der Waals surface area contributed by atoms with Gasteiger partial charge in [-0.1, -0.05) is 117 Å². The minimum Gasteiger partial charge on any atom is -0.344 e. The summed E-state index contributed by atoms with van der Waals surface area (Å²) in [7, 11) is -3.87. The molecule has 0 aliphatic rings. The highest BCUT2D eigenvalue weighted by Crippen LogP contribution is 2.19. The highest BCUT2D eigenvalue weighted by molar-refractivity contribution is 7.86. The quantitative estimate of drug-likeness (QED) is 0.176. The van der Waals surface area contributed by atoms with E-state index < -0.39 is 15.4 Å². The van der Waals surface area contributed by atoms with Gasteiger partial charge < -0.3 is 6.15 Å². The average Bonchev–Trinajstić information content (AvgIpc) is 2.56. The van der Waals surface area contributed by atoms with E-state index in [4.69, 9.17) is 0 Å². The maximum atomic E-state index is 11.5. The molecule has 4 nitrogen and oxygen atoms in total. The second kappa shape index (κ2) is 19.6. The first kappa shape index (κ1) is 28.1. The Morgan fingerprint density at radius 2 is 0.846 bits per heavy atom. The zero-order valence-electron chi connectivity index (χ0n) is 17.7. The van der Waals surface area contributed by atoms with E-state index in [-0.39, 0.29) is 6.15 Å². The lowest BCUT2D eigenvalue weighted by Crippen LogP contribution is -2.20. The lowest BCUT2D eigenvalue weighted by atomic mass is 10.0. The van der Waals surface area contributed by atoms with Crippen molar-refractivity contribution in [1.82, 2.24) is 6.15 Å². The van der Waals surface area contributed by atoms with Crippen molar-refractivity contribution in [2.75, 3.05) is 0 Å². The van der Waals surface area contributed by atoms with Crippen LogP contribution in [0, 0.1) is 0 Å². The molecule has 0 saturated carbocycles. The fraction of sp³-hybridized carbons (Fsp3) is 1.00. The summed E-state index contributed by atoms with van der Waals surface area (Å²) in [5, 5.41) is -0.535. The minimum atomic E-state index is -3.87. The van der Waals surface area contributed by atoms with Crippen LogP contribution in [0.4, 0.5) is 0 Å². The first-order chi connectivity index (χ1) is 12.0. The van der Waals surface area contributed by atoms with Crippen LogP contribution in [0.2, 0.25) is 0 Å². The zero-order chi connectivity index (χ0) is 18.8. The molecule has 0 heterocycles. The van der Waals surface area contributed by atoms with Gasteiger partial charge in [0.1, 0.15) is 0 Å². The summed E-state index contributed by atoms with van der Waals surface area (Å²) < 4.78 is 32.5. The van der Waals surface area contributed by atoms with Crippen LogP contribution in [-0.4, -0.2) is 18.2 Å². The highest BCUT2D eigenvalue weighted by Gasteiger charge is 2.21. The monoisotopic (exact) mass is 393 g/mol. The Kier molecular flexibility index (Phi) is 21.2. The second-order valence-electron chi connectivity index (χ2n) is 7.66. The molecule has 0 saturated heterocycles. The first-order valence-electron chi connectivity index (χ1n) is 11.0. The van der Waals surface area contributed by atoms with E-state index in [0.29, 0.717) is 12.8 Å². The molecule has 1 unspecified atom stereocenters. The number of hydrogen-bond acceptors (Lipinski definition) is 3. The van der Waals surface area contributed by atoms with Crippen molar-refractivity contribution in [3.8, 4) is 0 Å². The standard InChI is InChI=1S/C21H44O3S.H3N/c1-3-5-7-9-11-12-13-14-16-18-20-21(25(22,23)24)19-17-15-10-8-6-4-2;/h21H,3-20H2,1-2H3,(H,22,23,24);1H3. The van der Waals surface area contributed by atoms with E-state index in [1.807, 2.05) is 0 Å². The van der Waals surface area contributed by atoms with Gasteiger partial charge in [-0.2, -0.15) is 8.42 Å². The van der Waals surface area contributed by atoms with Gasteiger partial charge in [0, 0.05) is 0 Å². The molecule has 5 heteroatoms. The van der Waals surface area contributed by atoms with Gasteiger partial charge in [-0.15, -0.1) is 0 Å². The average molecular weight is 394 g/mol. The summed E-state index contributed by atoms with van der Waals surface area (Å²) in [6.45, 7) is 4.44. The molecule has 0 rings (SSSR count). The molecule has 0 aromatic rings. The highest BCUT2D eigenvalue weighted by atomic mass is 32.2. The van der Waals surface area contributed by atoms with Crippen molar-refractivity contribution < 1.29 is 13.0 Å². The van der Waals surface area contributed by atoms with Crippen molar-refractivity contribution in [2.45, 2.75) is 135 Å². The van der Waals surface area contributed by atoms with E-state index in [0.717, 1.165) is 25.7 Å². The topological polar surface area (TPSA) is 89.4 Å². The van der Waals surface area contributed by atoms with Crippen LogP contribution in [0.1, 0.15) is 129 Å². The van der Waals surface area contributed by atoms with Crippen LogP contribution in [0.25, 0.3) is 0 Å². The van der Waals surface area contributed by atoms with Crippen molar-refractivity contribution in [2.24, 2.45) is 0 Å². The summed E-state index contributed by atoms with van der Waals surface area (Å²) in [6.07, 6.45) is 20.7. The Bertz CT molecular complexity index is 371. The van der Waals surface area contributed by atoms with Crippen molar-refractivity contribution in [1.29, 1.82) is 0 Å². The number of hydrogen-bond donors (Lipinski definition) is 2. The Morgan fingerprint density at radius 3 is 1.12 bits per heavy atom. The lowest BCUT2D eigenvalue weighted by molar-refractivity contribution is 0.442. The fourth-order valence-electron chi connectivity index (χ4n) is 3.45. The number of unbranched alkanes of at least 4 members (excludes halogenated alkanes) is 14. The Balaban J connectivity index is 0. The lowest BCUT2D eigenvalue weighted by Gasteiger charge is -2.13. The van der Waals surface area contributed by atoms with E-state index in [9.17, 15) is 13.0 Å². The van der Waals surface area contributed by atoms with Crippen molar-refractivity contribution in [3.63, 3.8) is 0 Å². The molecule has 0 radical (unpaired) electrons. The van der Waals surface area contributed by atoms with Gasteiger partial charge in [-0.25, -0.2) is 0 Å². The molecule has 0 aliphatic heterocycles. The predicted octanol–water partition coefficient (Wildman–Crippen LogP) is 7.47. The molecular weight excluding hydrogens is 346 g/mol. The molecule has 0 spiro atoms. The van der Waals surface area contributed by atoms with Crippen LogP contribution in [0.5, 0.6) is 0 Å². The van der Waals surface area contributed by atoms with E-state index in [1.54, 1.807) is 0 Å². The zero-order valence-corrected chi connectivity index (χ0v) is 18.5. The molecule has 0 amide bonds. The van der Waals surface area contributed by atoms with E-state index in [1.165, 1.54) is 77.0 Å². The summed E-state index contributed by atoms with van der Waals surface area (Å²) in [5.74, 6) is 0. The van der Waals surface area contributed by atoms with Crippen molar-refractivity contribution in [3.05, 3.63) is 0 Å². The minimum absolute atomic E-state index is 0. The molecule has 0 aliphatic carbocycles. The van der Waals surface area contributed by atoms with Crippen LogP contribution in [0.15, 0.2) is 0 Å². The smallest absolute Gasteiger partial charge is 0.267 e.